The lowest BCUT2D eigenvalue weighted by Gasteiger charge is -2.36. The topological polar surface area (TPSA) is 21.3 Å². The third kappa shape index (κ3) is 5.46. The molecule has 2 aliphatic carbocycles. The van der Waals surface area contributed by atoms with Crippen LogP contribution < -0.4 is 4.90 Å². The first-order valence-electron chi connectivity index (χ1n) is 24.2. The molecule has 11 aromatic carbocycles. The van der Waals surface area contributed by atoms with Crippen LogP contribution in [0.15, 0.2) is 259 Å². The standard InChI is InChI=1S/C67H42N2O/c1-3-17-43(18-4-1)44-31-33-46(34-32-44)68(48-36-38-64-57(40-48)53-25-11-15-29-63(53)69(64)45-19-5-2-6-20-45)47-35-37-61-55(39-47)50-22-8-7-21-49(50)51-23-9-13-27-59(51)67(61)60-28-14-10-24-52(60)56-41-58-54-26-12-16-30-65(54)70-66(58)42-62(56)67/h1-42H. The highest BCUT2D eigenvalue weighted by Crippen LogP contribution is 2.62. The minimum absolute atomic E-state index is 0.664. The summed E-state index contributed by atoms with van der Waals surface area (Å²) in [5, 5.41) is 4.70. The maximum atomic E-state index is 6.74. The summed E-state index contributed by atoms with van der Waals surface area (Å²) in [6, 6.07) is 93.8. The molecule has 2 aliphatic rings. The van der Waals surface area contributed by atoms with E-state index in [0.717, 1.165) is 44.7 Å². The highest BCUT2D eigenvalue weighted by Gasteiger charge is 2.50. The number of fused-ring (bicyclic) bond motifs is 18. The first kappa shape index (κ1) is 38.9. The van der Waals surface area contributed by atoms with Crippen LogP contribution in [0.3, 0.4) is 0 Å². The molecule has 0 fully saturated rings. The zero-order valence-corrected chi connectivity index (χ0v) is 38.1. The van der Waals surface area contributed by atoms with Crippen LogP contribution in [0, 0.1) is 0 Å². The van der Waals surface area contributed by atoms with Gasteiger partial charge in [-0.05, 0) is 146 Å². The number of rotatable bonds is 5. The van der Waals surface area contributed by atoms with Gasteiger partial charge in [-0.3, -0.25) is 0 Å². The van der Waals surface area contributed by atoms with Crippen molar-refractivity contribution in [2.24, 2.45) is 0 Å². The van der Waals surface area contributed by atoms with Crippen LogP contribution in [0.25, 0.3) is 93.9 Å². The molecule has 0 bridgehead atoms. The molecule has 1 spiro atoms. The van der Waals surface area contributed by atoms with Crippen LogP contribution >= 0.6 is 0 Å². The van der Waals surface area contributed by atoms with Crippen molar-refractivity contribution >= 4 is 60.8 Å². The average Bonchev–Trinajstić information content (AvgIpc) is 4.04. The molecule has 2 heterocycles. The normalized spacial score (nSPS) is 14.3. The maximum Gasteiger partial charge on any atom is 0.135 e. The number of furan rings is 1. The van der Waals surface area contributed by atoms with E-state index in [4.69, 9.17) is 4.42 Å². The number of hydrogen-bond acceptors (Lipinski definition) is 2. The van der Waals surface area contributed by atoms with Crippen molar-refractivity contribution in [1.29, 1.82) is 0 Å². The highest BCUT2D eigenvalue weighted by atomic mass is 16.3. The van der Waals surface area contributed by atoms with Gasteiger partial charge >= 0.3 is 0 Å². The summed E-state index contributed by atoms with van der Waals surface area (Å²) in [6.45, 7) is 0. The average molecular weight is 891 g/mol. The van der Waals surface area contributed by atoms with Crippen molar-refractivity contribution in [2.75, 3.05) is 4.90 Å². The first-order valence-corrected chi connectivity index (χ1v) is 24.2. The lowest BCUT2D eigenvalue weighted by Crippen LogP contribution is -2.29. The fourth-order valence-corrected chi connectivity index (χ4v) is 12.3. The largest absolute Gasteiger partial charge is 0.456 e. The Morgan fingerprint density at radius 3 is 1.60 bits per heavy atom. The van der Waals surface area contributed by atoms with E-state index in [-0.39, 0.29) is 0 Å². The molecule has 3 nitrogen and oxygen atoms in total. The smallest absolute Gasteiger partial charge is 0.135 e. The molecule has 3 heteroatoms. The summed E-state index contributed by atoms with van der Waals surface area (Å²) in [6.07, 6.45) is 0. The molecule has 0 saturated heterocycles. The van der Waals surface area contributed by atoms with E-state index in [1.165, 1.54) is 88.6 Å². The van der Waals surface area contributed by atoms with Gasteiger partial charge in [-0.25, -0.2) is 0 Å². The van der Waals surface area contributed by atoms with E-state index in [1.807, 2.05) is 0 Å². The molecule has 13 aromatic rings. The van der Waals surface area contributed by atoms with Crippen LogP contribution in [0.5, 0.6) is 0 Å². The molecule has 0 N–H and O–H groups in total. The fourth-order valence-electron chi connectivity index (χ4n) is 12.3. The molecule has 0 aliphatic heterocycles. The molecular formula is C67H42N2O. The molecule has 1 atom stereocenters. The van der Waals surface area contributed by atoms with Crippen molar-refractivity contribution in [3.8, 4) is 50.2 Å². The van der Waals surface area contributed by atoms with Gasteiger partial charge in [-0.2, -0.15) is 0 Å². The van der Waals surface area contributed by atoms with Gasteiger partial charge in [0, 0.05) is 44.3 Å². The fraction of sp³-hybridized carbons (Fsp3) is 0.0149. The molecule has 326 valence electrons. The number of nitrogens with zero attached hydrogens (tertiary/aromatic N) is 2. The maximum absolute atomic E-state index is 6.74. The highest BCUT2D eigenvalue weighted by molar-refractivity contribution is 6.12. The summed E-state index contributed by atoms with van der Waals surface area (Å²) in [4.78, 5) is 2.45. The van der Waals surface area contributed by atoms with E-state index < -0.39 is 5.41 Å². The number of hydrogen-bond donors (Lipinski definition) is 0. The van der Waals surface area contributed by atoms with Crippen LogP contribution in [0.1, 0.15) is 22.3 Å². The summed E-state index contributed by atoms with van der Waals surface area (Å²) < 4.78 is 9.13. The molecule has 2 aromatic heterocycles. The molecular weight excluding hydrogens is 849 g/mol. The molecule has 1 unspecified atom stereocenters. The zero-order valence-electron chi connectivity index (χ0n) is 38.1. The van der Waals surface area contributed by atoms with Gasteiger partial charge in [0.1, 0.15) is 11.2 Å². The predicted molar refractivity (Wildman–Crippen MR) is 290 cm³/mol. The lowest BCUT2D eigenvalue weighted by molar-refractivity contribution is 0.666. The quantitative estimate of drug-likeness (QED) is 0.172. The zero-order chi connectivity index (χ0) is 45.9. The Labute approximate surface area is 405 Å². The van der Waals surface area contributed by atoms with Gasteiger partial charge in [0.05, 0.1) is 16.4 Å². The Morgan fingerprint density at radius 1 is 0.300 bits per heavy atom. The second-order valence-corrected chi connectivity index (χ2v) is 18.7. The monoisotopic (exact) mass is 890 g/mol. The van der Waals surface area contributed by atoms with E-state index in [0.29, 0.717) is 0 Å². The number of benzene rings is 11. The number of aromatic nitrogens is 1. The second-order valence-electron chi connectivity index (χ2n) is 18.7. The first-order chi connectivity index (χ1) is 34.7. The van der Waals surface area contributed by atoms with Crippen molar-refractivity contribution in [3.63, 3.8) is 0 Å². The van der Waals surface area contributed by atoms with E-state index in [2.05, 4.69) is 264 Å². The summed E-state index contributed by atoms with van der Waals surface area (Å²) >= 11 is 0. The Hall–Kier alpha value is -9.18. The number of para-hydroxylation sites is 3. The molecule has 0 amide bonds. The molecule has 0 radical (unpaired) electrons. The Balaban J connectivity index is 1.01. The summed E-state index contributed by atoms with van der Waals surface area (Å²) in [5.41, 5.74) is 22.6. The van der Waals surface area contributed by atoms with Gasteiger partial charge in [0.25, 0.3) is 0 Å². The van der Waals surface area contributed by atoms with Gasteiger partial charge in [-0.1, -0.05) is 176 Å². The van der Waals surface area contributed by atoms with Gasteiger partial charge < -0.3 is 13.9 Å². The van der Waals surface area contributed by atoms with Crippen LogP contribution in [0.2, 0.25) is 0 Å². The third-order valence-corrected chi connectivity index (χ3v) is 15.2. The predicted octanol–water partition coefficient (Wildman–Crippen LogP) is 17.8. The minimum Gasteiger partial charge on any atom is -0.456 e. The van der Waals surface area contributed by atoms with Crippen molar-refractivity contribution in [3.05, 3.63) is 277 Å². The Morgan fingerprint density at radius 2 is 0.829 bits per heavy atom. The molecule has 15 rings (SSSR count). The SMILES string of the molecule is c1ccc(-c2ccc(N(c3ccc4c(c3)-c3ccccc3-c3ccccc3C43c4ccccc4-c4cc5c(cc43)oc3ccccc35)c3ccc4c(c3)c3ccccc3n4-c3ccccc3)cc2)cc1. The second kappa shape index (κ2) is 14.9. The minimum atomic E-state index is -0.664. The Bertz CT molecular complexity index is 4240. The molecule has 0 saturated carbocycles. The van der Waals surface area contributed by atoms with Crippen molar-refractivity contribution < 1.29 is 4.42 Å². The van der Waals surface area contributed by atoms with Crippen LogP contribution in [-0.4, -0.2) is 4.57 Å². The van der Waals surface area contributed by atoms with E-state index in [9.17, 15) is 0 Å². The number of anilines is 3. The third-order valence-electron chi connectivity index (χ3n) is 15.2. The lowest BCUT2D eigenvalue weighted by atomic mass is 9.66. The van der Waals surface area contributed by atoms with Gasteiger partial charge in [0.2, 0.25) is 0 Å². The van der Waals surface area contributed by atoms with Crippen molar-refractivity contribution in [1.82, 2.24) is 4.57 Å². The van der Waals surface area contributed by atoms with E-state index >= 15 is 0 Å². The summed E-state index contributed by atoms with van der Waals surface area (Å²) in [5.74, 6) is 0. The van der Waals surface area contributed by atoms with Crippen molar-refractivity contribution in [2.45, 2.75) is 5.41 Å². The van der Waals surface area contributed by atoms with Crippen LogP contribution in [-0.2, 0) is 5.41 Å². The summed E-state index contributed by atoms with van der Waals surface area (Å²) in [7, 11) is 0. The van der Waals surface area contributed by atoms with Gasteiger partial charge in [-0.15, -0.1) is 0 Å². The van der Waals surface area contributed by atoms with Crippen LogP contribution in [0.4, 0.5) is 17.1 Å². The van der Waals surface area contributed by atoms with E-state index in [1.54, 1.807) is 0 Å². The Kier molecular flexibility index (Phi) is 8.28. The molecule has 70 heavy (non-hydrogen) atoms. The van der Waals surface area contributed by atoms with Gasteiger partial charge in [0.15, 0.2) is 0 Å².